The number of hydrogen-bond acceptors (Lipinski definition) is 4. The van der Waals surface area contributed by atoms with Crippen molar-refractivity contribution in [3.8, 4) is 11.1 Å². The molecule has 2 aromatic carbocycles. The number of aromatic nitrogens is 1. The van der Waals surface area contributed by atoms with Crippen molar-refractivity contribution >= 4 is 16.8 Å². The zero-order valence-corrected chi connectivity index (χ0v) is 16.1. The van der Waals surface area contributed by atoms with Gasteiger partial charge in [0.15, 0.2) is 0 Å². The summed E-state index contributed by atoms with van der Waals surface area (Å²) < 4.78 is 0. The topological polar surface area (TPSA) is 56.7 Å². The lowest BCUT2D eigenvalue weighted by Gasteiger charge is -2.34. The minimum Gasteiger partial charge on any atom is -0.395 e. The third kappa shape index (κ3) is 3.77. The van der Waals surface area contributed by atoms with Crippen LogP contribution in [-0.2, 0) is 0 Å². The van der Waals surface area contributed by atoms with E-state index in [4.69, 9.17) is 5.11 Å². The smallest absolute Gasteiger partial charge is 0.253 e. The Labute approximate surface area is 165 Å². The van der Waals surface area contributed by atoms with E-state index in [0.29, 0.717) is 19.6 Å². The van der Waals surface area contributed by atoms with E-state index in [0.717, 1.165) is 46.4 Å². The van der Waals surface area contributed by atoms with Crippen LogP contribution in [0.15, 0.2) is 54.6 Å². The third-order valence-electron chi connectivity index (χ3n) is 5.36. The highest BCUT2D eigenvalue weighted by Crippen LogP contribution is 2.29. The molecule has 3 aromatic rings. The molecule has 1 amide bonds. The molecule has 1 N–H and O–H groups in total. The van der Waals surface area contributed by atoms with E-state index in [-0.39, 0.29) is 12.5 Å². The molecule has 1 fully saturated rings. The molecule has 5 nitrogen and oxygen atoms in total. The fourth-order valence-electron chi connectivity index (χ4n) is 3.84. The zero-order valence-electron chi connectivity index (χ0n) is 16.1. The summed E-state index contributed by atoms with van der Waals surface area (Å²) in [5, 5.41) is 10.2. The average Bonchev–Trinajstić information content (AvgIpc) is 2.73. The van der Waals surface area contributed by atoms with Crippen LogP contribution in [-0.4, -0.2) is 65.1 Å². The Kier molecular flexibility index (Phi) is 5.37. The van der Waals surface area contributed by atoms with Gasteiger partial charge in [0.25, 0.3) is 5.91 Å². The second kappa shape index (κ2) is 8.09. The highest BCUT2D eigenvalue weighted by Gasteiger charge is 2.21. The van der Waals surface area contributed by atoms with E-state index in [1.165, 1.54) is 0 Å². The highest BCUT2D eigenvalue weighted by molar-refractivity contribution is 5.97. The summed E-state index contributed by atoms with van der Waals surface area (Å²) in [6, 6.07) is 18.1. The zero-order chi connectivity index (χ0) is 19.5. The Morgan fingerprint density at radius 2 is 1.75 bits per heavy atom. The van der Waals surface area contributed by atoms with E-state index in [9.17, 15) is 4.79 Å². The van der Waals surface area contributed by atoms with Crippen LogP contribution in [0.2, 0.25) is 0 Å². The maximum Gasteiger partial charge on any atom is 0.253 e. The SMILES string of the molecule is Cc1cc(-c2ccc(C(=O)N3CCN(CCO)CC3)cc2)c2ccccc2n1. The largest absolute Gasteiger partial charge is 0.395 e. The Bertz CT molecular complexity index is 977. The lowest BCUT2D eigenvalue weighted by Crippen LogP contribution is -2.49. The molecule has 0 aliphatic carbocycles. The van der Waals surface area contributed by atoms with Crippen molar-refractivity contribution in [2.24, 2.45) is 0 Å². The number of nitrogens with zero attached hydrogens (tertiary/aromatic N) is 3. The normalized spacial score (nSPS) is 15.1. The second-order valence-electron chi connectivity index (χ2n) is 7.26. The molecule has 0 saturated carbocycles. The summed E-state index contributed by atoms with van der Waals surface area (Å²) in [7, 11) is 0. The van der Waals surface area contributed by atoms with Crippen LogP contribution >= 0.6 is 0 Å². The number of rotatable bonds is 4. The molecule has 144 valence electrons. The molecule has 0 spiro atoms. The molecule has 5 heteroatoms. The first-order valence-corrected chi connectivity index (χ1v) is 9.75. The number of hydrogen-bond donors (Lipinski definition) is 1. The van der Waals surface area contributed by atoms with Gasteiger partial charge in [0, 0.05) is 49.4 Å². The van der Waals surface area contributed by atoms with Crippen LogP contribution in [0.5, 0.6) is 0 Å². The molecule has 0 unspecified atom stereocenters. The number of β-amino-alcohol motifs (C(OH)–C–C–N with tert-alkyl or cyclic N) is 1. The Morgan fingerprint density at radius 3 is 2.46 bits per heavy atom. The highest BCUT2D eigenvalue weighted by atomic mass is 16.3. The Morgan fingerprint density at radius 1 is 1.04 bits per heavy atom. The summed E-state index contributed by atoms with van der Waals surface area (Å²) >= 11 is 0. The number of amides is 1. The maximum absolute atomic E-state index is 12.8. The molecular formula is C23H25N3O2. The number of para-hydroxylation sites is 1. The number of carbonyl (C=O) groups excluding carboxylic acids is 1. The van der Waals surface area contributed by atoms with Crippen molar-refractivity contribution in [3.63, 3.8) is 0 Å². The summed E-state index contributed by atoms with van der Waals surface area (Å²) in [5.41, 5.74) is 4.91. The standard InChI is InChI=1S/C23H25N3O2/c1-17-16-21(20-4-2-3-5-22(20)24-17)18-6-8-19(9-7-18)23(28)26-12-10-25(11-13-26)14-15-27/h2-9,16,27H,10-15H2,1H3. The Balaban J connectivity index is 1.54. The first-order chi connectivity index (χ1) is 13.7. The molecule has 0 atom stereocenters. The van der Waals surface area contributed by atoms with Gasteiger partial charge in [0.1, 0.15) is 0 Å². The molecule has 2 heterocycles. The van der Waals surface area contributed by atoms with Crippen molar-refractivity contribution < 1.29 is 9.90 Å². The lowest BCUT2D eigenvalue weighted by molar-refractivity contribution is 0.0615. The summed E-state index contributed by atoms with van der Waals surface area (Å²) in [5.74, 6) is 0.0750. The van der Waals surface area contributed by atoms with Gasteiger partial charge in [-0.3, -0.25) is 14.7 Å². The van der Waals surface area contributed by atoms with E-state index < -0.39 is 0 Å². The van der Waals surface area contributed by atoms with Gasteiger partial charge < -0.3 is 10.0 Å². The minimum atomic E-state index is 0.0750. The molecule has 0 radical (unpaired) electrons. The predicted octanol–water partition coefficient (Wildman–Crippen LogP) is 2.96. The number of carbonyl (C=O) groups is 1. The van der Waals surface area contributed by atoms with Gasteiger partial charge in [-0.2, -0.15) is 0 Å². The second-order valence-corrected chi connectivity index (χ2v) is 7.26. The summed E-state index contributed by atoms with van der Waals surface area (Å²) in [6.07, 6.45) is 0. The fourth-order valence-corrected chi connectivity index (χ4v) is 3.84. The number of aryl methyl sites for hydroxylation is 1. The first-order valence-electron chi connectivity index (χ1n) is 9.75. The number of aliphatic hydroxyl groups excluding tert-OH is 1. The van der Waals surface area contributed by atoms with Gasteiger partial charge >= 0.3 is 0 Å². The van der Waals surface area contributed by atoms with Crippen LogP contribution < -0.4 is 0 Å². The number of aliphatic hydroxyl groups is 1. The Hall–Kier alpha value is -2.76. The van der Waals surface area contributed by atoms with Crippen molar-refractivity contribution in [2.75, 3.05) is 39.3 Å². The average molecular weight is 375 g/mol. The molecule has 0 bridgehead atoms. The lowest BCUT2D eigenvalue weighted by atomic mass is 9.99. The minimum absolute atomic E-state index is 0.0750. The van der Waals surface area contributed by atoms with Crippen LogP contribution in [0.1, 0.15) is 16.1 Å². The monoisotopic (exact) mass is 375 g/mol. The first kappa shape index (κ1) is 18.6. The maximum atomic E-state index is 12.8. The van der Waals surface area contributed by atoms with Gasteiger partial charge in [-0.25, -0.2) is 0 Å². The van der Waals surface area contributed by atoms with Gasteiger partial charge in [-0.1, -0.05) is 30.3 Å². The van der Waals surface area contributed by atoms with Crippen molar-refractivity contribution in [3.05, 3.63) is 65.9 Å². The van der Waals surface area contributed by atoms with E-state index >= 15 is 0 Å². The fraction of sp³-hybridized carbons (Fsp3) is 0.304. The van der Waals surface area contributed by atoms with E-state index in [1.54, 1.807) is 0 Å². The molecular weight excluding hydrogens is 350 g/mol. The third-order valence-corrected chi connectivity index (χ3v) is 5.36. The molecule has 1 saturated heterocycles. The quantitative estimate of drug-likeness (QED) is 0.762. The van der Waals surface area contributed by atoms with Crippen LogP contribution in [0.4, 0.5) is 0 Å². The number of benzene rings is 2. The van der Waals surface area contributed by atoms with Crippen LogP contribution in [0.25, 0.3) is 22.0 Å². The molecule has 1 aliphatic heterocycles. The van der Waals surface area contributed by atoms with E-state index in [2.05, 4.69) is 22.0 Å². The summed E-state index contributed by atoms with van der Waals surface area (Å²) in [6.45, 7) is 5.88. The van der Waals surface area contributed by atoms with E-state index in [1.807, 2.05) is 54.3 Å². The number of fused-ring (bicyclic) bond motifs is 1. The summed E-state index contributed by atoms with van der Waals surface area (Å²) in [4.78, 5) is 21.5. The molecule has 4 rings (SSSR count). The molecule has 1 aromatic heterocycles. The molecule has 1 aliphatic rings. The molecule has 28 heavy (non-hydrogen) atoms. The van der Waals surface area contributed by atoms with Crippen LogP contribution in [0, 0.1) is 6.92 Å². The van der Waals surface area contributed by atoms with Crippen molar-refractivity contribution in [1.29, 1.82) is 0 Å². The number of pyridine rings is 1. The van der Waals surface area contributed by atoms with Gasteiger partial charge in [-0.15, -0.1) is 0 Å². The van der Waals surface area contributed by atoms with Crippen molar-refractivity contribution in [2.45, 2.75) is 6.92 Å². The number of piperazine rings is 1. The van der Waals surface area contributed by atoms with Crippen molar-refractivity contribution in [1.82, 2.24) is 14.8 Å². The van der Waals surface area contributed by atoms with Crippen LogP contribution in [0.3, 0.4) is 0 Å². The van der Waals surface area contributed by atoms with Gasteiger partial charge in [0.2, 0.25) is 0 Å². The predicted molar refractivity (Wildman–Crippen MR) is 111 cm³/mol. The van der Waals surface area contributed by atoms with Gasteiger partial charge in [-0.05, 0) is 42.3 Å². The van der Waals surface area contributed by atoms with Gasteiger partial charge in [0.05, 0.1) is 12.1 Å².